The molecule has 3 saturated heterocycles. The summed E-state index contributed by atoms with van der Waals surface area (Å²) in [6.45, 7) is 6.58. The number of nitrogens with one attached hydrogen (secondary N) is 3. The second kappa shape index (κ2) is 17.9. The average molecular weight is 751 g/mol. The largest absolute Gasteiger partial charge is 0.481 e. The van der Waals surface area contributed by atoms with Gasteiger partial charge in [-0.2, -0.15) is 0 Å². The number of benzene rings is 3. The molecule has 4 aromatic rings. The first-order valence-electron chi connectivity index (χ1n) is 19.9. The lowest BCUT2D eigenvalue weighted by Gasteiger charge is -2.24. The Kier molecular flexibility index (Phi) is 12.6. The van der Waals surface area contributed by atoms with E-state index in [0.717, 1.165) is 90.8 Å². The summed E-state index contributed by atoms with van der Waals surface area (Å²) in [5.41, 5.74) is 6.03. The zero-order chi connectivity index (χ0) is 38.3. The van der Waals surface area contributed by atoms with Crippen LogP contribution in [0.25, 0.3) is 11.0 Å². The number of rotatable bonds is 18. The summed E-state index contributed by atoms with van der Waals surface area (Å²) in [6.07, 6.45) is 3.91. The van der Waals surface area contributed by atoms with Crippen molar-refractivity contribution in [2.45, 2.75) is 58.2 Å². The van der Waals surface area contributed by atoms with Crippen molar-refractivity contribution in [2.24, 2.45) is 35.5 Å². The normalized spacial score (nSPS) is 21.6. The van der Waals surface area contributed by atoms with Crippen LogP contribution in [0.5, 0.6) is 0 Å². The van der Waals surface area contributed by atoms with Gasteiger partial charge in [-0.3, -0.25) is 19.3 Å². The minimum absolute atomic E-state index is 0.0799. The molecule has 3 aromatic carbocycles. The van der Waals surface area contributed by atoms with E-state index in [9.17, 15) is 29.7 Å². The van der Waals surface area contributed by atoms with Crippen LogP contribution in [-0.2, 0) is 53.3 Å². The molecule has 1 aromatic heterocycles. The van der Waals surface area contributed by atoms with Gasteiger partial charge in [0.05, 0.1) is 17.8 Å². The molecule has 6 atom stereocenters. The molecule has 3 fully saturated rings. The number of hydrogen-bond acceptors (Lipinski definition) is 8. The summed E-state index contributed by atoms with van der Waals surface area (Å²) in [4.78, 5) is 39.1. The van der Waals surface area contributed by atoms with Crippen LogP contribution in [0.15, 0.2) is 77.2 Å². The fourth-order valence-electron chi connectivity index (χ4n) is 9.15. The maximum atomic E-state index is 12.3. The van der Waals surface area contributed by atoms with Gasteiger partial charge in [-0.1, -0.05) is 54.6 Å². The van der Waals surface area contributed by atoms with E-state index in [1.165, 1.54) is 0 Å². The van der Waals surface area contributed by atoms with E-state index in [4.69, 9.17) is 4.42 Å². The third kappa shape index (κ3) is 10.0. The number of furan rings is 1. The Morgan fingerprint density at radius 1 is 0.582 bits per heavy atom. The van der Waals surface area contributed by atoms with Crippen molar-refractivity contribution in [2.75, 3.05) is 39.3 Å². The molecule has 55 heavy (non-hydrogen) atoms. The van der Waals surface area contributed by atoms with E-state index < -0.39 is 35.7 Å². The summed E-state index contributed by atoms with van der Waals surface area (Å²) in [7, 11) is 0. The van der Waals surface area contributed by atoms with Crippen molar-refractivity contribution in [3.8, 4) is 0 Å². The number of aliphatic carboxylic acids is 3. The first-order valence-corrected chi connectivity index (χ1v) is 19.9. The highest BCUT2D eigenvalue weighted by molar-refractivity contribution is 5.79. The lowest BCUT2D eigenvalue weighted by Crippen LogP contribution is -2.27. The van der Waals surface area contributed by atoms with E-state index in [2.05, 4.69) is 57.2 Å². The lowest BCUT2D eigenvalue weighted by atomic mass is 9.86. The third-order valence-electron chi connectivity index (χ3n) is 12.1. The molecule has 0 spiro atoms. The van der Waals surface area contributed by atoms with Gasteiger partial charge in [0.15, 0.2) is 0 Å². The van der Waals surface area contributed by atoms with Crippen LogP contribution in [0.1, 0.15) is 52.8 Å². The quantitative estimate of drug-likeness (QED) is 0.0793. The monoisotopic (exact) mass is 750 g/mol. The van der Waals surface area contributed by atoms with Gasteiger partial charge in [-0.25, -0.2) is 0 Å². The van der Waals surface area contributed by atoms with Crippen LogP contribution >= 0.6 is 0 Å². The molecule has 6 N–H and O–H groups in total. The van der Waals surface area contributed by atoms with Crippen LogP contribution < -0.4 is 16.0 Å². The molecule has 3 aliphatic rings. The highest BCUT2D eigenvalue weighted by Gasteiger charge is 2.33. The summed E-state index contributed by atoms with van der Waals surface area (Å²) in [5.74, 6) is -2.68. The number of hydrogen-bond donors (Lipinski definition) is 6. The van der Waals surface area contributed by atoms with Gasteiger partial charge in [-0.05, 0) is 135 Å². The Balaban J connectivity index is 1.12. The summed E-state index contributed by atoms with van der Waals surface area (Å²) in [6, 6.07) is 24.7. The maximum Gasteiger partial charge on any atom is 0.307 e. The number of nitrogens with zero attached hydrogens (tertiary/aromatic N) is 1. The van der Waals surface area contributed by atoms with Gasteiger partial charge in [-0.15, -0.1) is 0 Å². The van der Waals surface area contributed by atoms with Gasteiger partial charge >= 0.3 is 17.9 Å². The molecule has 4 heterocycles. The molecule has 0 unspecified atom stereocenters. The molecule has 3 aliphatic heterocycles. The smallest absolute Gasteiger partial charge is 0.307 e. The van der Waals surface area contributed by atoms with Crippen molar-refractivity contribution >= 4 is 28.9 Å². The highest BCUT2D eigenvalue weighted by Crippen LogP contribution is 2.30. The predicted octanol–water partition coefficient (Wildman–Crippen LogP) is 5.19. The first-order chi connectivity index (χ1) is 26.7. The lowest BCUT2D eigenvalue weighted by molar-refractivity contribution is -0.144. The van der Waals surface area contributed by atoms with Crippen molar-refractivity contribution in [1.82, 2.24) is 20.9 Å². The van der Waals surface area contributed by atoms with E-state index >= 15 is 0 Å². The molecule has 11 nitrogen and oxygen atoms in total. The second-order valence-electron chi connectivity index (χ2n) is 16.1. The zero-order valence-corrected chi connectivity index (χ0v) is 31.4. The number of carboxylic acids is 3. The standard InChI is InChI=1S/C44H54N4O7/c49-42(50)38(33-9-12-45-22-33)18-28-3-1-5-30(15-28)25-48(26-31-6-2-4-29(16-31)19-39(43(51)52)34-10-13-46-23-34)27-32-7-8-41-36(17-32)20-37(55-41)21-40(44(53)54)35-11-14-47-24-35/h1-8,15-17,20,33-35,38-40,45-47H,9-14,18-19,21-27H2,(H,49,50)(H,51,52)(H,53,54)/t33-,34-,35-,38-,39-,40-/m0/s1. The van der Waals surface area contributed by atoms with Crippen molar-refractivity contribution in [3.05, 3.63) is 106 Å². The Morgan fingerprint density at radius 2 is 1.02 bits per heavy atom. The fraction of sp³-hybridized carbons (Fsp3) is 0.477. The number of carboxylic acid groups (broad SMARTS) is 3. The molecule has 11 heteroatoms. The van der Waals surface area contributed by atoms with Crippen molar-refractivity contribution in [1.29, 1.82) is 0 Å². The topological polar surface area (TPSA) is 164 Å². The number of carbonyl (C=O) groups is 3. The Bertz CT molecular complexity index is 1860. The summed E-state index contributed by atoms with van der Waals surface area (Å²) in [5, 5.41) is 41.0. The molecule has 0 amide bonds. The molecular weight excluding hydrogens is 697 g/mol. The van der Waals surface area contributed by atoms with Crippen LogP contribution in [0, 0.1) is 35.5 Å². The highest BCUT2D eigenvalue weighted by atomic mass is 16.4. The van der Waals surface area contributed by atoms with Crippen LogP contribution in [0.2, 0.25) is 0 Å². The van der Waals surface area contributed by atoms with Gasteiger partial charge in [0.2, 0.25) is 0 Å². The minimum atomic E-state index is -0.790. The van der Waals surface area contributed by atoms with E-state index in [0.29, 0.717) is 51.2 Å². The molecule has 7 rings (SSSR count). The first kappa shape index (κ1) is 38.7. The maximum absolute atomic E-state index is 12.3. The Morgan fingerprint density at radius 3 is 1.45 bits per heavy atom. The van der Waals surface area contributed by atoms with Gasteiger partial charge in [0, 0.05) is 31.4 Å². The summed E-state index contributed by atoms with van der Waals surface area (Å²) >= 11 is 0. The minimum Gasteiger partial charge on any atom is -0.481 e. The van der Waals surface area contributed by atoms with Crippen LogP contribution in [0.4, 0.5) is 0 Å². The molecule has 0 saturated carbocycles. The van der Waals surface area contributed by atoms with Crippen molar-refractivity contribution in [3.63, 3.8) is 0 Å². The van der Waals surface area contributed by atoms with Crippen molar-refractivity contribution < 1.29 is 34.1 Å². The molecule has 0 aliphatic carbocycles. The van der Waals surface area contributed by atoms with Gasteiger partial charge in [0.25, 0.3) is 0 Å². The Labute approximate surface area is 322 Å². The Hall–Kier alpha value is -4.55. The predicted molar refractivity (Wildman–Crippen MR) is 209 cm³/mol. The molecule has 0 bridgehead atoms. The fourth-order valence-corrected chi connectivity index (χ4v) is 9.15. The molecule has 0 radical (unpaired) electrons. The zero-order valence-electron chi connectivity index (χ0n) is 31.4. The SMILES string of the molecule is O=C(O)[C@@H](Cc1cccc(CN(Cc2cccc(C[C@H](C(=O)O)[C@H]3CCNC3)c2)Cc2ccc3oc(C[C@H](C(=O)O)[C@H]4CCNC4)cc3c2)c1)[C@H]1CCNC1. The third-order valence-corrected chi connectivity index (χ3v) is 12.1. The van der Waals surface area contributed by atoms with Crippen LogP contribution in [0.3, 0.4) is 0 Å². The molecular formula is C44H54N4O7. The average Bonchev–Trinajstić information content (AvgIpc) is 4.00. The van der Waals surface area contributed by atoms with Gasteiger partial charge < -0.3 is 35.7 Å². The molecule has 292 valence electrons. The summed E-state index contributed by atoms with van der Waals surface area (Å²) < 4.78 is 6.17. The van der Waals surface area contributed by atoms with E-state index in [-0.39, 0.29) is 17.8 Å². The number of fused-ring (bicyclic) bond motifs is 1. The van der Waals surface area contributed by atoms with E-state index in [1.54, 1.807) is 0 Å². The second-order valence-corrected chi connectivity index (χ2v) is 16.1. The van der Waals surface area contributed by atoms with E-state index in [1.807, 2.05) is 36.4 Å². The van der Waals surface area contributed by atoms with Gasteiger partial charge in [0.1, 0.15) is 11.3 Å². The van der Waals surface area contributed by atoms with Crippen LogP contribution in [-0.4, -0.2) is 77.4 Å².